The molecule has 0 aliphatic carbocycles. The van der Waals surface area contributed by atoms with Crippen LogP contribution in [0, 0.1) is 5.92 Å². The van der Waals surface area contributed by atoms with E-state index in [2.05, 4.69) is 57.5 Å². The molecule has 0 saturated carbocycles. The number of hydrogen-bond donors (Lipinski definition) is 12. The molecule has 0 radical (unpaired) electrons. The van der Waals surface area contributed by atoms with E-state index in [0.717, 1.165) is 44.7 Å². The minimum atomic E-state index is -1.36. The van der Waals surface area contributed by atoms with E-state index in [9.17, 15) is 33.6 Å². The molecule has 7 aromatic rings. The summed E-state index contributed by atoms with van der Waals surface area (Å²) in [4.78, 5) is 135. The van der Waals surface area contributed by atoms with Gasteiger partial charge < -0.3 is 63.2 Å². The van der Waals surface area contributed by atoms with Gasteiger partial charge in [-0.25, -0.2) is 0 Å². The van der Waals surface area contributed by atoms with Crippen LogP contribution in [-0.2, 0) is 68.8 Å². The van der Waals surface area contributed by atoms with Crippen molar-refractivity contribution in [2.75, 3.05) is 0 Å². The maximum absolute atomic E-state index is 15.1. The summed E-state index contributed by atoms with van der Waals surface area (Å²) >= 11 is 0. The molecule has 1 aliphatic heterocycles. The van der Waals surface area contributed by atoms with Crippen molar-refractivity contribution in [1.29, 1.82) is 0 Å². The quantitative estimate of drug-likeness (QED) is 0.0339. The summed E-state index contributed by atoms with van der Waals surface area (Å²) in [5, 5.41) is 24.8. The van der Waals surface area contributed by atoms with Crippen LogP contribution in [0.3, 0.4) is 0 Å². The first-order chi connectivity index (χ1) is 39.9. The van der Waals surface area contributed by atoms with Crippen molar-refractivity contribution in [3.05, 3.63) is 144 Å². The standard InChI is InChI=1S/C62H74N12O9/c1-5-6-21-47(55(63)76)69-59(80)49(27-35(2)3)71-62(83)53(31-40-34-66-46-24-15-12-20-43(40)46)74-60(81)50(28-37-16-8-7-9-17-37)72-61(82)52(30-39-33-65-45-23-14-11-19-42(39)45)70-56(77)36(4)67-58(79)51(73-57(78)48-25-26-54(75)68-48)29-38-32-64-44-22-13-10-18-41(38)44/h7-20,22-24,32-36,47-53,64-66H,5-6,21,25-31H2,1-4H3,(H2,63,76)(H,67,79)(H,68,75)(H,69,80)(H,70,77)(H,71,83)(H,72,82)(H,73,78)(H,74,81)/t36-,47-,48+,49-,50-,51-,52+,53+/m0/s1. The number of hydrogen-bond acceptors (Lipinski definition) is 9. The predicted octanol–water partition coefficient (Wildman–Crippen LogP) is 3.81. The van der Waals surface area contributed by atoms with Gasteiger partial charge >= 0.3 is 0 Å². The molecule has 0 spiro atoms. The van der Waals surface area contributed by atoms with Crippen LogP contribution in [0.4, 0.5) is 0 Å². The average molecular weight is 1130 g/mol. The largest absolute Gasteiger partial charge is 0.368 e. The van der Waals surface area contributed by atoms with Crippen LogP contribution in [0.15, 0.2) is 122 Å². The number of carbonyl (C=O) groups is 9. The van der Waals surface area contributed by atoms with Crippen molar-refractivity contribution < 1.29 is 43.2 Å². The molecule has 4 aromatic carbocycles. The molecule has 1 aliphatic rings. The number of benzene rings is 4. The van der Waals surface area contributed by atoms with E-state index >= 15 is 9.59 Å². The van der Waals surface area contributed by atoms with Gasteiger partial charge in [0, 0.05) is 83.4 Å². The number of aromatic nitrogens is 3. The third-order valence-electron chi connectivity index (χ3n) is 15.0. The zero-order chi connectivity index (χ0) is 59.2. The Labute approximate surface area is 480 Å². The van der Waals surface area contributed by atoms with Gasteiger partial charge in [-0.05, 0) is 72.6 Å². The Hall–Kier alpha value is -9.27. The van der Waals surface area contributed by atoms with Gasteiger partial charge in [0.2, 0.25) is 53.2 Å². The maximum Gasteiger partial charge on any atom is 0.243 e. The van der Waals surface area contributed by atoms with Crippen LogP contribution in [0.1, 0.15) is 88.5 Å². The second-order valence-electron chi connectivity index (χ2n) is 21.8. The predicted molar refractivity (Wildman–Crippen MR) is 315 cm³/mol. The Morgan fingerprint density at radius 2 is 0.916 bits per heavy atom. The Morgan fingerprint density at radius 3 is 1.37 bits per heavy atom. The van der Waals surface area contributed by atoms with Crippen LogP contribution >= 0.6 is 0 Å². The van der Waals surface area contributed by atoms with Gasteiger partial charge in [-0.1, -0.05) is 119 Å². The lowest BCUT2D eigenvalue weighted by atomic mass is 9.99. The third-order valence-corrected chi connectivity index (χ3v) is 15.0. The van der Waals surface area contributed by atoms with Gasteiger partial charge in [0.15, 0.2) is 0 Å². The second kappa shape index (κ2) is 27.9. The van der Waals surface area contributed by atoms with E-state index in [-0.39, 0.29) is 56.8 Å². The smallest absolute Gasteiger partial charge is 0.243 e. The molecule has 13 N–H and O–H groups in total. The zero-order valence-electron chi connectivity index (χ0n) is 47.1. The van der Waals surface area contributed by atoms with E-state index < -0.39 is 95.6 Å². The molecule has 9 amide bonds. The summed E-state index contributed by atoms with van der Waals surface area (Å²) in [5.41, 5.74) is 10.8. The molecule has 8 rings (SSSR count). The van der Waals surface area contributed by atoms with E-state index in [1.165, 1.54) is 6.92 Å². The van der Waals surface area contributed by atoms with Crippen molar-refractivity contribution in [1.82, 2.24) is 57.5 Å². The molecule has 436 valence electrons. The molecule has 21 heteroatoms. The Balaban J connectivity index is 1.06. The van der Waals surface area contributed by atoms with Gasteiger partial charge in [0.1, 0.15) is 48.3 Å². The number of unbranched alkanes of at least 4 members (excludes halogenated alkanes) is 1. The van der Waals surface area contributed by atoms with Crippen LogP contribution < -0.4 is 48.3 Å². The fraction of sp³-hybridized carbons (Fsp3) is 0.371. The summed E-state index contributed by atoms with van der Waals surface area (Å²) in [6.07, 6.45) is 7.35. The van der Waals surface area contributed by atoms with E-state index in [4.69, 9.17) is 5.73 Å². The SMILES string of the molecule is CCCC[C@H](NC(=O)[C@H](CC(C)C)NC(=O)[C@@H](Cc1c[nH]c2ccccc12)NC(=O)[C@H](Cc1ccccc1)NC(=O)[C@@H](Cc1c[nH]c2ccccc12)NC(=O)[C@H](C)NC(=O)[C@H](Cc1c[nH]c2ccccc12)NC(=O)[C@H]1CCC(=O)N1)C(N)=O. The number of para-hydroxylation sites is 3. The number of fused-ring (bicyclic) bond motifs is 3. The monoisotopic (exact) mass is 1130 g/mol. The summed E-state index contributed by atoms with van der Waals surface area (Å²) < 4.78 is 0. The molecular weight excluding hydrogens is 1060 g/mol. The summed E-state index contributed by atoms with van der Waals surface area (Å²) in [7, 11) is 0. The summed E-state index contributed by atoms with van der Waals surface area (Å²) in [6.45, 7) is 7.16. The fourth-order valence-electron chi connectivity index (χ4n) is 10.5. The molecule has 21 nitrogen and oxygen atoms in total. The number of nitrogens with one attached hydrogen (secondary N) is 11. The number of H-pyrrole nitrogens is 3. The normalized spacial score (nSPS) is 15.7. The molecule has 3 aromatic heterocycles. The highest BCUT2D eigenvalue weighted by molar-refractivity contribution is 5.99. The maximum atomic E-state index is 15.1. The highest BCUT2D eigenvalue weighted by Gasteiger charge is 2.36. The molecule has 83 heavy (non-hydrogen) atoms. The molecule has 4 heterocycles. The van der Waals surface area contributed by atoms with Crippen molar-refractivity contribution in [2.45, 2.75) is 140 Å². The van der Waals surface area contributed by atoms with E-state index in [0.29, 0.717) is 29.5 Å². The number of rotatable bonds is 28. The topological polar surface area (TPSA) is 323 Å². The summed E-state index contributed by atoms with van der Waals surface area (Å²) in [5.74, 6) is -5.92. The van der Waals surface area contributed by atoms with Gasteiger partial charge in [-0.15, -0.1) is 0 Å². The minimum absolute atomic E-state index is 0.0295. The van der Waals surface area contributed by atoms with Crippen molar-refractivity contribution >= 4 is 85.9 Å². The van der Waals surface area contributed by atoms with Gasteiger partial charge in [0.05, 0.1) is 0 Å². The van der Waals surface area contributed by atoms with E-state index in [1.807, 2.05) is 93.6 Å². The van der Waals surface area contributed by atoms with Gasteiger partial charge in [-0.3, -0.25) is 43.2 Å². The number of nitrogens with two attached hydrogens (primary N) is 1. The lowest BCUT2D eigenvalue weighted by Crippen LogP contribution is -2.61. The van der Waals surface area contributed by atoms with Crippen LogP contribution in [-0.4, -0.2) is 116 Å². The minimum Gasteiger partial charge on any atom is -0.368 e. The fourth-order valence-corrected chi connectivity index (χ4v) is 10.5. The van der Waals surface area contributed by atoms with Crippen LogP contribution in [0.5, 0.6) is 0 Å². The van der Waals surface area contributed by atoms with Gasteiger partial charge in [-0.2, -0.15) is 0 Å². The lowest BCUT2D eigenvalue weighted by molar-refractivity contribution is -0.135. The molecule has 1 saturated heterocycles. The van der Waals surface area contributed by atoms with Crippen molar-refractivity contribution in [3.63, 3.8) is 0 Å². The molecule has 0 unspecified atom stereocenters. The number of aromatic amines is 3. The molecule has 8 atom stereocenters. The highest BCUT2D eigenvalue weighted by Crippen LogP contribution is 2.23. The van der Waals surface area contributed by atoms with Crippen LogP contribution in [0.25, 0.3) is 32.7 Å². The Morgan fingerprint density at radius 1 is 0.506 bits per heavy atom. The van der Waals surface area contributed by atoms with Crippen molar-refractivity contribution in [3.8, 4) is 0 Å². The molecule has 1 fully saturated rings. The molecular formula is C62H74N12O9. The first-order valence-electron chi connectivity index (χ1n) is 28.3. The second-order valence-corrected chi connectivity index (χ2v) is 21.8. The summed E-state index contributed by atoms with van der Waals surface area (Å²) in [6, 6.07) is 21.8. The van der Waals surface area contributed by atoms with Crippen LogP contribution in [0.2, 0.25) is 0 Å². The Kier molecular flexibility index (Phi) is 20.1. The highest BCUT2D eigenvalue weighted by atomic mass is 16.2. The Bertz CT molecular complexity index is 3460. The lowest BCUT2D eigenvalue weighted by Gasteiger charge is -2.28. The number of primary amides is 1. The van der Waals surface area contributed by atoms with Crippen molar-refractivity contribution in [2.24, 2.45) is 11.7 Å². The first kappa shape index (κ1) is 59.8. The molecule has 0 bridgehead atoms. The zero-order valence-corrected chi connectivity index (χ0v) is 47.1. The number of amides is 9. The van der Waals surface area contributed by atoms with E-state index in [1.54, 1.807) is 48.9 Å². The third kappa shape index (κ3) is 15.8. The first-order valence-corrected chi connectivity index (χ1v) is 28.3. The average Bonchev–Trinajstić information content (AvgIpc) is 4.51. The number of carbonyl (C=O) groups excluding carboxylic acids is 9. The van der Waals surface area contributed by atoms with Gasteiger partial charge in [0.25, 0.3) is 0 Å².